The molecule has 0 radical (unpaired) electrons. The quantitative estimate of drug-likeness (QED) is 0.835. The Labute approximate surface area is 130 Å². The van der Waals surface area contributed by atoms with Crippen LogP contribution in [0.3, 0.4) is 0 Å². The van der Waals surface area contributed by atoms with Crippen molar-refractivity contribution in [3.63, 3.8) is 0 Å². The van der Waals surface area contributed by atoms with Crippen molar-refractivity contribution in [3.8, 4) is 0 Å². The van der Waals surface area contributed by atoms with Gasteiger partial charge in [-0.05, 0) is 34.1 Å². The highest BCUT2D eigenvalue weighted by atomic mass is 79.9. The Morgan fingerprint density at radius 1 is 1.33 bits per heavy atom. The molecule has 0 spiro atoms. The smallest absolute Gasteiger partial charge is 0.317 e. The molecule has 0 bridgehead atoms. The average molecular weight is 378 g/mol. The predicted molar refractivity (Wildman–Crippen MR) is 76.8 cm³/mol. The van der Waals surface area contributed by atoms with Crippen molar-refractivity contribution < 1.29 is 17.6 Å². The number of carbonyl (C=O) groups excluding carboxylic acids is 1. The van der Waals surface area contributed by atoms with E-state index in [2.05, 4.69) is 21.2 Å². The molecule has 2 amide bonds. The Morgan fingerprint density at radius 2 is 2.10 bits per heavy atom. The maximum absolute atomic E-state index is 13.6. The highest BCUT2D eigenvalue weighted by Crippen LogP contribution is 2.24. The van der Waals surface area contributed by atoms with Crippen molar-refractivity contribution in [2.75, 3.05) is 26.2 Å². The van der Waals surface area contributed by atoms with Crippen molar-refractivity contribution >= 4 is 32.0 Å². The Bertz CT molecular complexity index is 697. The molecule has 1 atom stereocenters. The van der Waals surface area contributed by atoms with Gasteiger partial charge in [0, 0.05) is 26.2 Å². The van der Waals surface area contributed by atoms with Gasteiger partial charge in [0.25, 0.3) is 0 Å². The molecule has 0 saturated carbocycles. The van der Waals surface area contributed by atoms with Crippen LogP contribution < -0.4 is 5.32 Å². The lowest BCUT2D eigenvalue weighted by Crippen LogP contribution is -2.53. The van der Waals surface area contributed by atoms with Crippen LogP contribution in [0.1, 0.15) is 0 Å². The van der Waals surface area contributed by atoms with Crippen molar-refractivity contribution in [3.05, 3.63) is 28.5 Å². The molecule has 21 heavy (non-hydrogen) atoms. The Hall–Kier alpha value is -1.19. The molecule has 0 aliphatic carbocycles. The van der Waals surface area contributed by atoms with Crippen LogP contribution in [0.15, 0.2) is 27.6 Å². The minimum atomic E-state index is -3.75. The molecule has 9 heteroatoms. The molecule has 1 aromatic rings. The Morgan fingerprint density at radius 3 is 2.81 bits per heavy atom. The lowest BCUT2D eigenvalue weighted by atomic mass is 10.2. The zero-order chi connectivity index (χ0) is 15.2. The van der Waals surface area contributed by atoms with E-state index in [4.69, 9.17) is 0 Å². The van der Waals surface area contributed by atoms with Crippen molar-refractivity contribution in [2.45, 2.75) is 10.9 Å². The number of benzene rings is 1. The van der Waals surface area contributed by atoms with E-state index in [0.717, 1.165) is 6.07 Å². The van der Waals surface area contributed by atoms with Crippen LogP contribution in [-0.2, 0) is 10.0 Å². The lowest BCUT2D eigenvalue weighted by molar-refractivity contribution is 0.164. The van der Waals surface area contributed by atoms with Crippen molar-refractivity contribution in [1.82, 2.24) is 14.5 Å². The zero-order valence-corrected chi connectivity index (χ0v) is 13.3. The molecule has 2 aliphatic rings. The molecule has 2 heterocycles. The van der Waals surface area contributed by atoms with E-state index in [-0.39, 0.29) is 34.5 Å². The molecule has 1 N–H and O–H groups in total. The van der Waals surface area contributed by atoms with Crippen LogP contribution >= 0.6 is 15.9 Å². The van der Waals surface area contributed by atoms with Crippen LogP contribution in [0.4, 0.5) is 9.18 Å². The first-order chi connectivity index (χ1) is 9.89. The van der Waals surface area contributed by atoms with E-state index >= 15 is 0 Å². The fourth-order valence-corrected chi connectivity index (χ4v) is 4.31. The third kappa shape index (κ3) is 2.53. The van der Waals surface area contributed by atoms with E-state index in [9.17, 15) is 17.6 Å². The predicted octanol–water partition coefficient (Wildman–Crippen LogP) is 0.986. The van der Waals surface area contributed by atoms with Crippen LogP contribution in [0.5, 0.6) is 0 Å². The number of fused-ring (bicyclic) bond motifs is 1. The number of halogens is 2. The molecular weight excluding hydrogens is 365 g/mol. The van der Waals surface area contributed by atoms with Gasteiger partial charge >= 0.3 is 6.03 Å². The largest absolute Gasteiger partial charge is 0.336 e. The summed E-state index contributed by atoms with van der Waals surface area (Å²) in [4.78, 5) is 13.1. The fourth-order valence-electron chi connectivity index (χ4n) is 2.58. The second-order valence-corrected chi connectivity index (χ2v) is 7.76. The van der Waals surface area contributed by atoms with Gasteiger partial charge in [-0.1, -0.05) is 0 Å². The molecular formula is C12H13BrFN3O3S. The summed E-state index contributed by atoms with van der Waals surface area (Å²) in [6.45, 7) is 1.21. The van der Waals surface area contributed by atoms with Crippen molar-refractivity contribution in [2.24, 2.45) is 0 Å². The van der Waals surface area contributed by atoms with Gasteiger partial charge < -0.3 is 10.2 Å². The normalized spacial score (nSPS) is 23.0. The molecule has 3 rings (SSSR count). The second-order valence-electron chi connectivity index (χ2n) is 4.97. The fraction of sp³-hybridized carbons (Fsp3) is 0.417. The summed E-state index contributed by atoms with van der Waals surface area (Å²) in [7, 11) is -3.75. The Balaban J connectivity index is 1.85. The molecule has 2 fully saturated rings. The van der Waals surface area contributed by atoms with Gasteiger partial charge in [0.05, 0.1) is 15.4 Å². The van der Waals surface area contributed by atoms with Crippen LogP contribution in [0.25, 0.3) is 0 Å². The van der Waals surface area contributed by atoms with Crippen LogP contribution in [0, 0.1) is 5.82 Å². The number of nitrogens with zero attached hydrogens (tertiary/aromatic N) is 2. The van der Waals surface area contributed by atoms with Gasteiger partial charge in [0.1, 0.15) is 5.82 Å². The van der Waals surface area contributed by atoms with Gasteiger partial charge in [0.15, 0.2) is 0 Å². The summed E-state index contributed by atoms with van der Waals surface area (Å²) in [5.41, 5.74) is 0. The second kappa shape index (κ2) is 5.22. The highest BCUT2D eigenvalue weighted by Gasteiger charge is 2.39. The minimum Gasteiger partial charge on any atom is -0.336 e. The molecule has 1 unspecified atom stereocenters. The number of nitrogens with one attached hydrogen (secondary N) is 1. The maximum Gasteiger partial charge on any atom is 0.317 e. The molecule has 6 nitrogen and oxygen atoms in total. The van der Waals surface area contributed by atoms with E-state index in [1.54, 1.807) is 4.90 Å². The number of carbonyl (C=O) groups is 1. The lowest BCUT2D eigenvalue weighted by Gasteiger charge is -2.35. The summed E-state index contributed by atoms with van der Waals surface area (Å²) in [5, 5.41) is 2.69. The summed E-state index contributed by atoms with van der Waals surface area (Å²) < 4.78 is 40.2. The van der Waals surface area contributed by atoms with E-state index in [0.29, 0.717) is 13.1 Å². The number of hydrogen-bond donors (Lipinski definition) is 1. The topological polar surface area (TPSA) is 69.7 Å². The summed E-state index contributed by atoms with van der Waals surface area (Å²) in [6, 6.07) is 3.42. The number of amides is 2. The first-order valence-corrected chi connectivity index (χ1v) is 8.62. The monoisotopic (exact) mass is 377 g/mol. The minimum absolute atomic E-state index is 0.0751. The third-order valence-corrected chi connectivity index (χ3v) is 6.23. The van der Waals surface area contributed by atoms with Gasteiger partial charge in [-0.15, -0.1) is 0 Å². The Kier molecular flexibility index (Phi) is 3.66. The van der Waals surface area contributed by atoms with E-state index in [1.807, 2.05) is 0 Å². The summed E-state index contributed by atoms with van der Waals surface area (Å²) >= 11 is 3.00. The van der Waals surface area contributed by atoms with E-state index < -0.39 is 15.8 Å². The molecule has 0 aromatic heterocycles. The molecule has 1 aromatic carbocycles. The number of rotatable bonds is 2. The van der Waals surface area contributed by atoms with Crippen LogP contribution in [-0.4, -0.2) is 55.9 Å². The SMILES string of the molecule is O=C1NCC2CN(S(=O)(=O)c3ccc(Br)c(F)c3)CCN12. The first kappa shape index (κ1) is 14.7. The average Bonchev–Trinajstić information content (AvgIpc) is 2.83. The standard InChI is InChI=1S/C12H13BrFN3O3S/c13-10-2-1-9(5-11(10)14)21(19,20)16-3-4-17-8(7-16)6-15-12(17)18/h1-2,5,8H,3-4,6-7H2,(H,15,18). The third-order valence-electron chi connectivity index (χ3n) is 3.72. The number of hydrogen-bond acceptors (Lipinski definition) is 3. The molecule has 114 valence electrons. The number of piperazine rings is 1. The molecule has 2 aliphatic heterocycles. The summed E-state index contributed by atoms with van der Waals surface area (Å²) in [5.74, 6) is -0.618. The molecule has 2 saturated heterocycles. The maximum atomic E-state index is 13.6. The first-order valence-electron chi connectivity index (χ1n) is 6.39. The van der Waals surface area contributed by atoms with Gasteiger partial charge in [-0.2, -0.15) is 4.31 Å². The van der Waals surface area contributed by atoms with Gasteiger partial charge in [-0.3, -0.25) is 0 Å². The van der Waals surface area contributed by atoms with Crippen molar-refractivity contribution in [1.29, 1.82) is 0 Å². The van der Waals surface area contributed by atoms with Gasteiger partial charge in [0.2, 0.25) is 10.0 Å². The van der Waals surface area contributed by atoms with E-state index in [1.165, 1.54) is 16.4 Å². The number of sulfonamides is 1. The van der Waals surface area contributed by atoms with Gasteiger partial charge in [-0.25, -0.2) is 17.6 Å². The number of urea groups is 1. The zero-order valence-electron chi connectivity index (χ0n) is 10.9. The highest BCUT2D eigenvalue weighted by molar-refractivity contribution is 9.10. The van der Waals surface area contributed by atoms with Crippen LogP contribution in [0.2, 0.25) is 0 Å². The summed E-state index contributed by atoms with van der Waals surface area (Å²) in [6.07, 6.45) is 0.